The van der Waals surface area contributed by atoms with Gasteiger partial charge in [-0.05, 0) is 30.9 Å². The van der Waals surface area contributed by atoms with E-state index in [0.29, 0.717) is 10.1 Å². The number of hydrogen-bond acceptors (Lipinski definition) is 3. The van der Waals surface area contributed by atoms with Crippen LogP contribution in [0.25, 0.3) is 0 Å². The number of thiophene rings is 1. The predicted molar refractivity (Wildman–Crippen MR) is 49.4 cm³/mol. The van der Waals surface area contributed by atoms with Gasteiger partial charge in [0.2, 0.25) is 0 Å². The second-order valence-electron chi connectivity index (χ2n) is 3.20. The lowest BCUT2D eigenvalue weighted by Crippen LogP contribution is -1.91. The van der Waals surface area contributed by atoms with Gasteiger partial charge in [0.25, 0.3) is 0 Å². The lowest BCUT2D eigenvalue weighted by molar-refractivity contribution is 0.604. The Balaban J connectivity index is 2.35. The molecule has 4 heteroatoms. The van der Waals surface area contributed by atoms with Gasteiger partial charge in [0.15, 0.2) is 9.84 Å². The van der Waals surface area contributed by atoms with Crippen LogP contribution in [0.1, 0.15) is 23.6 Å². The van der Waals surface area contributed by atoms with E-state index < -0.39 is 9.84 Å². The highest BCUT2D eigenvalue weighted by molar-refractivity contribution is 7.92. The number of hydrogen-bond donors (Lipinski definition) is 0. The third-order valence-electron chi connectivity index (χ3n) is 1.95. The zero-order valence-corrected chi connectivity index (χ0v) is 8.41. The molecule has 12 heavy (non-hydrogen) atoms. The largest absolute Gasteiger partial charge is 0.223 e. The maximum Gasteiger partial charge on any atom is 0.184 e. The van der Waals surface area contributed by atoms with E-state index in [9.17, 15) is 8.42 Å². The minimum atomic E-state index is -2.97. The Bertz CT molecular complexity index is 385. The molecule has 2 nitrogen and oxygen atoms in total. The molecule has 2 rings (SSSR count). The van der Waals surface area contributed by atoms with E-state index in [1.54, 1.807) is 6.07 Å². The van der Waals surface area contributed by atoms with Gasteiger partial charge < -0.3 is 0 Å². The predicted octanol–water partition coefficient (Wildman–Crippen LogP) is 2.03. The molecule has 1 saturated carbocycles. The summed E-state index contributed by atoms with van der Waals surface area (Å²) in [5, 5.41) is 0. The molecule has 1 aromatic rings. The molecule has 0 aliphatic heterocycles. The molecule has 1 aromatic heterocycles. The molecule has 1 heterocycles. The maximum absolute atomic E-state index is 11.1. The smallest absolute Gasteiger partial charge is 0.184 e. The third kappa shape index (κ3) is 1.54. The minimum Gasteiger partial charge on any atom is -0.223 e. The first-order chi connectivity index (χ1) is 5.57. The molecule has 66 valence electrons. The van der Waals surface area contributed by atoms with Crippen molar-refractivity contribution in [1.82, 2.24) is 0 Å². The van der Waals surface area contributed by atoms with Crippen molar-refractivity contribution in [2.45, 2.75) is 23.0 Å². The quantitative estimate of drug-likeness (QED) is 0.735. The highest BCUT2D eigenvalue weighted by Crippen LogP contribution is 2.43. The van der Waals surface area contributed by atoms with Crippen molar-refractivity contribution in [1.29, 1.82) is 0 Å². The molecule has 0 N–H and O–H groups in total. The van der Waals surface area contributed by atoms with Gasteiger partial charge in [-0.3, -0.25) is 0 Å². The van der Waals surface area contributed by atoms with Gasteiger partial charge in [-0.15, -0.1) is 11.3 Å². The van der Waals surface area contributed by atoms with E-state index in [-0.39, 0.29) is 0 Å². The average Bonchev–Trinajstić information content (AvgIpc) is 2.66. The summed E-state index contributed by atoms with van der Waals surface area (Å²) < 4.78 is 22.7. The molecule has 0 atom stereocenters. The van der Waals surface area contributed by atoms with Gasteiger partial charge >= 0.3 is 0 Å². The molecule has 0 aromatic carbocycles. The molecular formula is C8H10O2S2. The molecule has 0 spiro atoms. The van der Waals surface area contributed by atoms with Crippen LogP contribution in [0, 0.1) is 0 Å². The fourth-order valence-electron chi connectivity index (χ4n) is 1.12. The second-order valence-corrected chi connectivity index (χ2v) is 6.56. The first-order valence-electron chi connectivity index (χ1n) is 3.87. The van der Waals surface area contributed by atoms with E-state index in [4.69, 9.17) is 0 Å². The Morgan fingerprint density at radius 3 is 2.50 bits per heavy atom. The van der Waals surface area contributed by atoms with E-state index in [1.165, 1.54) is 35.3 Å². The average molecular weight is 202 g/mol. The zero-order chi connectivity index (χ0) is 8.77. The molecule has 0 unspecified atom stereocenters. The van der Waals surface area contributed by atoms with Crippen molar-refractivity contribution >= 4 is 21.2 Å². The Hall–Kier alpha value is -0.350. The van der Waals surface area contributed by atoms with E-state index in [1.807, 2.05) is 6.07 Å². The Kier molecular flexibility index (Phi) is 1.77. The minimum absolute atomic E-state index is 0.504. The molecule has 1 fully saturated rings. The first kappa shape index (κ1) is 8.26. The lowest BCUT2D eigenvalue weighted by atomic mass is 10.3. The van der Waals surface area contributed by atoms with Crippen molar-refractivity contribution in [2.24, 2.45) is 0 Å². The van der Waals surface area contributed by atoms with Crippen LogP contribution in [-0.2, 0) is 9.84 Å². The van der Waals surface area contributed by atoms with Gasteiger partial charge in [-0.2, -0.15) is 0 Å². The second kappa shape index (κ2) is 2.57. The van der Waals surface area contributed by atoms with Crippen LogP contribution in [0.5, 0.6) is 0 Å². The van der Waals surface area contributed by atoms with Crippen LogP contribution in [-0.4, -0.2) is 14.7 Å². The monoisotopic (exact) mass is 202 g/mol. The van der Waals surface area contributed by atoms with Crippen LogP contribution in [0.4, 0.5) is 0 Å². The molecule has 0 saturated heterocycles. The fourth-order valence-corrected chi connectivity index (χ4v) is 3.24. The Morgan fingerprint density at radius 1 is 1.42 bits per heavy atom. The number of sulfone groups is 1. The fraction of sp³-hybridized carbons (Fsp3) is 0.500. The van der Waals surface area contributed by atoms with Gasteiger partial charge in [0, 0.05) is 11.1 Å². The van der Waals surface area contributed by atoms with Crippen molar-refractivity contribution in [3.05, 3.63) is 17.0 Å². The molecule has 0 bridgehead atoms. The topological polar surface area (TPSA) is 34.1 Å². The van der Waals surface area contributed by atoms with Crippen LogP contribution in [0.3, 0.4) is 0 Å². The Morgan fingerprint density at radius 2 is 2.08 bits per heavy atom. The Labute approximate surface area is 76.2 Å². The van der Waals surface area contributed by atoms with Gasteiger partial charge in [0.05, 0.1) is 0 Å². The zero-order valence-electron chi connectivity index (χ0n) is 6.78. The number of rotatable bonds is 2. The summed E-state index contributed by atoms with van der Waals surface area (Å²) in [6.07, 6.45) is 3.71. The highest BCUT2D eigenvalue weighted by atomic mass is 32.2. The maximum atomic E-state index is 11.1. The summed E-state index contributed by atoms with van der Waals surface area (Å²) >= 11 is 1.42. The van der Waals surface area contributed by atoms with Gasteiger partial charge in [-0.25, -0.2) is 8.42 Å². The molecule has 1 aliphatic rings. The van der Waals surface area contributed by atoms with Crippen molar-refractivity contribution in [2.75, 3.05) is 6.26 Å². The van der Waals surface area contributed by atoms with Crippen LogP contribution in [0.15, 0.2) is 16.3 Å². The van der Waals surface area contributed by atoms with Crippen molar-refractivity contribution in [3.63, 3.8) is 0 Å². The molecular weight excluding hydrogens is 192 g/mol. The summed E-state index contributed by atoms with van der Waals surface area (Å²) in [6, 6.07) is 3.66. The SMILES string of the molecule is CS(=O)(=O)c1ccc(C2CC2)s1. The van der Waals surface area contributed by atoms with Crippen molar-refractivity contribution < 1.29 is 8.42 Å². The first-order valence-corrected chi connectivity index (χ1v) is 6.58. The van der Waals surface area contributed by atoms with E-state index >= 15 is 0 Å². The van der Waals surface area contributed by atoms with Crippen molar-refractivity contribution in [3.8, 4) is 0 Å². The molecule has 0 amide bonds. The lowest BCUT2D eigenvalue weighted by Gasteiger charge is -1.89. The van der Waals surface area contributed by atoms with Crippen LogP contribution < -0.4 is 0 Å². The third-order valence-corrected chi connectivity index (χ3v) is 5.01. The molecule has 1 aliphatic carbocycles. The van der Waals surface area contributed by atoms with Gasteiger partial charge in [-0.1, -0.05) is 0 Å². The van der Waals surface area contributed by atoms with Crippen LogP contribution >= 0.6 is 11.3 Å². The van der Waals surface area contributed by atoms with Gasteiger partial charge in [0.1, 0.15) is 4.21 Å². The standard InChI is InChI=1S/C8H10O2S2/c1-12(9,10)8-5-4-7(11-8)6-2-3-6/h4-6H,2-3H2,1H3. The highest BCUT2D eigenvalue weighted by Gasteiger charge is 2.26. The normalized spacial score (nSPS) is 18.1. The van der Waals surface area contributed by atoms with E-state index in [0.717, 1.165) is 0 Å². The van der Waals surface area contributed by atoms with E-state index in [2.05, 4.69) is 0 Å². The summed E-state index contributed by atoms with van der Waals surface area (Å²) in [4.78, 5) is 1.23. The summed E-state index contributed by atoms with van der Waals surface area (Å²) in [6.45, 7) is 0. The molecule has 0 radical (unpaired) electrons. The van der Waals surface area contributed by atoms with Crippen LogP contribution in [0.2, 0.25) is 0 Å². The summed E-state index contributed by atoms with van der Waals surface area (Å²) in [7, 11) is -2.97. The summed E-state index contributed by atoms with van der Waals surface area (Å²) in [5.41, 5.74) is 0. The summed E-state index contributed by atoms with van der Waals surface area (Å²) in [5.74, 6) is 0.658.